The first-order chi connectivity index (χ1) is 7.16. The van der Waals surface area contributed by atoms with E-state index in [4.69, 9.17) is 16.3 Å². The fourth-order valence-corrected chi connectivity index (χ4v) is 1.54. The topological polar surface area (TPSA) is 27.1 Å². The number of halogens is 2. The van der Waals surface area contributed by atoms with Crippen LogP contribution >= 0.6 is 27.5 Å². The highest BCUT2D eigenvalue weighted by molar-refractivity contribution is 9.10. The number of imidazole rings is 1. The van der Waals surface area contributed by atoms with Crippen LogP contribution in [0, 0.1) is 0 Å². The van der Waals surface area contributed by atoms with E-state index in [1.165, 1.54) is 0 Å². The quantitative estimate of drug-likeness (QED) is 0.843. The maximum Gasteiger partial charge on any atom is 0.302 e. The molecule has 1 aromatic heterocycles. The van der Waals surface area contributed by atoms with Crippen LogP contribution in [0.5, 0.6) is 11.8 Å². The zero-order chi connectivity index (χ0) is 10.8. The minimum absolute atomic E-state index is 0.518. The Bertz CT molecular complexity index is 484. The van der Waals surface area contributed by atoms with E-state index in [1.54, 1.807) is 22.9 Å². The predicted octanol–water partition coefficient (Wildman–Crippen LogP) is 3.63. The average Bonchev–Trinajstić information content (AvgIpc) is 2.50. The summed E-state index contributed by atoms with van der Waals surface area (Å²) in [7, 11) is 1.86. The lowest BCUT2D eigenvalue weighted by molar-refractivity contribution is 0.423. The standard InChI is InChI=1S/C10H8BrClN2O/c1-14-9(11)6-13-10(14)15-8-4-2-3-7(12)5-8/h2-6H,1H3. The number of aromatic nitrogens is 2. The molecule has 0 aliphatic carbocycles. The van der Waals surface area contributed by atoms with Crippen molar-refractivity contribution >= 4 is 27.5 Å². The Kier molecular flexibility index (Phi) is 2.98. The molecule has 0 spiro atoms. The fourth-order valence-electron chi connectivity index (χ4n) is 1.10. The predicted molar refractivity (Wildman–Crippen MR) is 62.4 cm³/mol. The highest BCUT2D eigenvalue weighted by atomic mass is 79.9. The highest BCUT2D eigenvalue weighted by Gasteiger charge is 2.06. The van der Waals surface area contributed by atoms with E-state index < -0.39 is 0 Å². The van der Waals surface area contributed by atoms with Crippen molar-refractivity contribution in [2.75, 3.05) is 0 Å². The van der Waals surface area contributed by atoms with Gasteiger partial charge in [0.05, 0.1) is 6.20 Å². The Morgan fingerprint density at radius 2 is 2.27 bits per heavy atom. The third kappa shape index (κ3) is 2.33. The number of nitrogens with zero attached hydrogens (tertiary/aromatic N) is 2. The van der Waals surface area contributed by atoms with Crippen LogP contribution in [0.15, 0.2) is 35.1 Å². The number of hydrogen-bond acceptors (Lipinski definition) is 2. The Labute approximate surface area is 101 Å². The summed E-state index contributed by atoms with van der Waals surface area (Å²) >= 11 is 9.18. The second-order valence-corrected chi connectivity index (χ2v) is 4.23. The van der Waals surface area contributed by atoms with E-state index in [0.717, 1.165) is 4.60 Å². The molecule has 5 heteroatoms. The molecule has 3 nitrogen and oxygen atoms in total. The van der Waals surface area contributed by atoms with Crippen molar-refractivity contribution in [2.45, 2.75) is 0 Å². The molecule has 0 saturated carbocycles. The zero-order valence-electron chi connectivity index (χ0n) is 7.95. The molecule has 0 atom stereocenters. The summed E-state index contributed by atoms with van der Waals surface area (Å²) in [6.45, 7) is 0. The van der Waals surface area contributed by atoms with Gasteiger partial charge < -0.3 is 4.74 Å². The summed E-state index contributed by atoms with van der Waals surface area (Å²) in [5, 5.41) is 0.640. The molecule has 0 fully saturated rings. The molecule has 2 rings (SSSR count). The summed E-state index contributed by atoms with van der Waals surface area (Å²) in [6, 6.07) is 7.71. The van der Waals surface area contributed by atoms with E-state index in [2.05, 4.69) is 20.9 Å². The molecule has 0 amide bonds. The third-order valence-electron chi connectivity index (χ3n) is 1.89. The molecule has 0 saturated heterocycles. The molecule has 78 valence electrons. The lowest BCUT2D eigenvalue weighted by atomic mass is 10.3. The SMILES string of the molecule is Cn1c(Br)cnc1Oc1cccc(Cl)c1. The van der Waals surface area contributed by atoms with Gasteiger partial charge in [0.15, 0.2) is 0 Å². The molecule has 0 N–H and O–H groups in total. The number of rotatable bonds is 2. The van der Waals surface area contributed by atoms with Crippen LogP contribution in [0.2, 0.25) is 5.02 Å². The van der Waals surface area contributed by atoms with Crippen LogP contribution in [-0.2, 0) is 7.05 Å². The van der Waals surface area contributed by atoms with Gasteiger partial charge in [0, 0.05) is 12.1 Å². The maximum absolute atomic E-state index is 5.84. The van der Waals surface area contributed by atoms with E-state index in [-0.39, 0.29) is 0 Å². The molecule has 1 heterocycles. The summed E-state index contributed by atoms with van der Waals surface area (Å²) in [5.74, 6) is 0.670. The van der Waals surface area contributed by atoms with Crippen LogP contribution in [-0.4, -0.2) is 9.55 Å². The molecule has 0 unspecified atom stereocenters. The van der Waals surface area contributed by atoms with Gasteiger partial charge in [-0.1, -0.05) is 17.7 Å². The molecule has 0 bridgehead atoms. The number of ether oxygens (including phenoxy) is 1. The first-order valence-electron chi connectivity index (χ1n) is 4.27. The molecule has 15 heavy (non-hydrogen) atoms. The minimum atomic E-state index is 0.518. The Morgan fingerprint density at radius 3 is 2.87 bits per heavy atom. The zero-order valence-corrected chi connectivity index (χ0v) is 10.3. The van der Waals surface area contributed by atoms with Gasteiger partial charge in [-0.15, -0.1) is 0 Å². The molecule has 0 radical (unpaired) electrons. The van der Waals surface area contributed by atoms with Crippen molar-refractivity contribution in [3.63, 3.8) is 0 Å². The summed E-state index contributed by atoms with van der Waals surface area (Å²) in [6.07, 6.45) is 1.68. The van der Waals surface area contributed by atoms with Gasteiger partial charge in [0.2, 0.25) is 0 Å². The second kappa shape index (κ2) is 4.24. The van der Waals surface area contributed by atoms with Crippen molar-refractivity contribution in [1.82, 2.24) is 9.55 Å². The Hall–Kier alpha value is -1.00. The lowest BCUT2D eigenvalue weighted by Gasteiger charge is -2.05. The second-order valence-electron chi connectivity index (χ2n) is 2.98. The van der Waals surface area contributed by atoms with E-state index in [1.807, 2.05) is 19.2 Å². The molecule has 2 aromatic rings. The van der Waals surface area contributed by atoms with Crippen LogP contribution in [0.1, 0.15) is 0 Å². The minimum Gasteiger partial charge on any atom is -0.425 e. The van der Waals surface area contributed by atoms with E-state index in [9.17, 15) is 0 Å². The smallest absolute Gasteiger partial charge is 0.302 e. The first-order valence-corrected chi connectivity index (χ1v) is 5.44. The summed E-state index contributed by atoms with van der Waals surface area (Å²) in [5.41, 5.74) is 0. The Balaban J connectivity index is 2.26. The van der Waals surface area contributed by atoms with Crippen molar-refractivity contribution in [3.8, 4) is 11.8 Å². The number of benzene rings is 1. The molecule has 0 aliphatic heterocycles. The van der Waals surface area contributed by atoms with Crippen LogP contribution in [0.25, 0.3) is 0 Å². The van der Waals surface area contributed by atoms with Gasteiger partial charge >= 0.3 is 6.01 Å². The van der Waals surface area contributed by atoms with Crippen LogP contribution in [0.4, 0.5) is 0 Å². The summed E-state index contributed by atoms with van der Waals surface area (Å²) in [4.78, 5) is 4.09. The van der Waals surface area contributed by atoms with Gasteiger partial charge in [-0.05, 0) is 34.1 Å². The molecule has 1 aromatic carbocycles. The lowest BCUT2D eigenvalue weighted by Crippen LogP contribution is -1.94. The normalized spacial score (nSPS) is 10.3. The average molecular weight is 288 g/mol. The molecular weight excluding hydrogens is 279 g/mol. The molecule has 0 aliphatic rings. The van der Waals surface area contributed by atoms with Crippen molar-refractivity contribution < 1.29 is 4.74 Å². The van der Waals surface area contributed by atoms with E-state index >= 15 is 0 Å². The van der Waals surface area contributed by atoms with Gasteiger partial charge in [0.25, 0.3) is 0 Å². The fraction of sp³-hybridized carbons (Fsp3) is 0.100. The first kappa shape index (κ1) is 10.5. The highest BCUT2D eigenvalue weighted by Crippen LogP contribution is 2.24. The monoisotopic (exact) mass is 286 g/mol. The van der Waals surface area contributed by atoms with Gasteiger partial charge in [-0.2, -0.15) is 0 Å². The van der Waals surface area contributed by atoms with Crippen molar-refractivity contribution in [2.24, 2.45) is 7.05 Å². The largest absolute Gasteiger partial charge is 0.425 e. The number of hydrogen-bond donors (Lipinski definition) is 0. The third-order valence-corrected chi connectivity index (χ3v) is 2.87. The van der Waals surface area contributed by atoms with Gasteiger partial charge in [-0.3, -0.25) is 4.57 Å². The van der Waals surface area contributed by atoms with Crippen LogP contribution < -0.4 is 4.74 Å². The van der Waals surface area contributed by atoms with Crippen molar-refractivity contribution in [1.29, 1.82) is 0 Å². The van der Waals surface area contributed by atoms with Gasteiger partial charge in [-0.25, -0.2) is 4.98 Å². The van der Waals surface area contributed by atoms with Gasteiger partial charge in [0.1, 0.15) is 10.4 Å². The van der Waals surface area contributed by atoms with Crippen LogP contribution in [0.3, 0.4) is 0 Å². The Morgan fingerprint density at radius 1 is 1.47 bits per heavy atom. The van der Waals surface area contributed by atoms with Crippen molar-refractivity contribution in [3.05, 3.63) is 40.1 Å². The maximum atomic E-state index is 5.84. The van der Waals surface area contributed by atoms with E-state index in [0.29, 0.717) is 16.8 Å². The summed E-state index contributed by atoms with van der Waals surface area (Å²) < 4.78 is 8.20. The molecular formula is C10H8BrClN2O.